The lowest BCUT2D eigenvalue weighted by atomic mass is 10.0. The molecule has 2 aromatic carbocycles. The minimum atomic E-state index is -0.355. The van der Waals surface area contributed by atoms with E-state index < -0.39 is 0 Å². The summed E-state index contributed by atoms with van der Waals surface area (Å²) in [6, 6.07) is 13.9. The summed E-state index contributed by atoms with van der Waals surface area (Å²) in [4.78, 5) is 11.9. The highest BCUT2D eigenvalue weighted by molar-refractivity contribution is 5.90. The van der Waals surface area contributed by atoms with Gasteiger partial charge in [-0.1, -0.05) is 30.3 Å². The second-order valence-electron chi connectivity index (χ2n) is 5.12. The first-order valence-electron chi connectivity index (χ1n) is 6.92. The summed E-state index contributed by atoms with van der Waals surface area (Å²) in [6.45, 7) is 1.78. The fourth-order valence-electron chi connectivity index (χ4n) is 2.19. The SMILES string of the molecule is Cc1cc(F)cc(NC(=O)CCC(N)c2ccccc2)c1. The molecule has 0 saturated heterocycles. The molecule has 0 spiro atoms. The molecule has 0 aliphatic rings. The van der Waals surface area contributed by atoms with Gasteiger partial charge < -0.3 is 11.1 Å². The first-order valence-corrected chi connectivity index (χ1v) is 6.92. The average Bonchev–Trinajstić information content (AvgIpc) is 2.44. The standard InChI is InChI=1S/C17H19FN2O/c1-12-9-14(18)11-15(10-12)20-17(21)8-7-16(19)13-5-3-2-4-6-13/h2-6,9-11,16H,7-8,19H2,1H3,(H,20,21). The fraction of sp³-hybridized carbons (Fsp3) is 0.235. The molecular formula is C17H19FN2O. The maximum atomic E-state index is 13.2. The Balaban J connectivity index is 1.87. The average molecular weight is 286 g/mol. The van der Waals surface area contributed by atoms with Gasteiger partial charge in [-0.2, -0.15) is 0 Å². The number of rotatable bonds is 5. The van der Waals surface area contributed by atoms with Crippen molar-refractivity contribution in [3.05, 3.63) is 65.5 Å². The van der Waals surface area contributed by atoms with Gasteiger partial charge >= 0.3 is 0 Å². The molecule has 1 unspecified atom stereocenters. The van der Waals surface area contributed by atoms with Crippen molar-refractivity contribution in [2.75, 3.05) is 5.32 Å². The van der Waals surface area contributed by atoms with E-state index in [1.807, 2.05) is 30.3 Å². The predicted octanol–water partition coefficient (Wildman–Crippen LogP) is 3.55. The number of aryl methyl sites for hydroxylation is 1. The summed E-state index contributed by atoms with van der Waals surface area (Å²) >= 11 is 0. The smallest absolute Gasteiger partial charge is 0.224 e. The number of hydrogen-bond donors (Lipinski definition) is 2. The van der Waals surface area contributed by atoms with Crippen molar-refractivity contribution >= 4 is 11.6 Å². The van der Waals surface area contributed by atoms with Gasteiger partial charge in [0.1, 0.15) is 5.82 Å². The molecule has 0 heterocycles. The molecule has 21 heavy (non-hydrogen) atoms. The van der Waals surface area contributed by atoms with E-state index in [1.54, 1.807) is 13.0 Å². The minimum Gasteiger partial charge on any atom is -0.326 e. The lowest BCUT2D eigenvalue weighted by molar-refractivity contribution is -0.116. The van der Waals surface area contributed by atoms with Crippen LogP contribution >= 0.6 is 0 Å². The lowest BCUT2D eigenvalue weighted by Gasteiger charge is -2.12. The van der Waals surface area contributed by atoms with E-state index in [9.17, 15) is 9.18 Å². The van der Waals surface area contributed by atoms with Gasteiger partial charge in [0.15, 0.2) is 0 Å². The van der Waals surface area contributed by atoms with E-state index in [1.165, 1.54) is 12.1 Å². The van der Waals surface area contributed by atoms with Crippen LogP contribution in [-0.2, 0) is 4.79 Å². The number of carbonyl (C=O) groups is 1. The Bertz CT molecular complexity index is 593. The number of anilines is 1. The highest BCUT2D eigenvalue weighted by Crippen LogP contribution is 2.17. The molecule has 0 aromatic heterocycles. The van der Waals surface area contributed by atoms with Crippen molar-refractivity contribution in [1.29, 1.82) is 0 Å². The molecule has 3 N–H and O–H groups in total. The largest absolute Gasteiger partial charge is 0.326 e. The summed E-state index contributed by atoms with van der Waals surface area (Å²) in [5.74, 6) is -0.516. The molecule has 1 atom stereocenters. The van der Waals surface area contributed by atoms with Gasteiger partial charge in [0, 0.05) is 18.2 Å². The predicted molar refractivity (Wildman–Crippen MR) is 82.4 cm³/mol. The van der Waals surface area contributed by atoms with E-state index in [0.29, 0.717) is 18.5 Å². The third-order valence-electron chi connectivity index (χ3n) is 3.24. The number of amides is 1. The molecule has 4 heteroatoms. The van der Waals surface area contributed by atoms with E-state index in [4.69, 9.17) is 5.73 Å². The van der Waals surface area contributed by atoms with Crippen LogP contribution in [0.4, 0.5) is 10.1 Å². The maximum absolute atomic E-state index is 13.2. The zero-order chi connectivity index (χ0) is 15.2. The van der Waals surface area contributed by atoms with Gasteiger partial charge in [-0.3, -0.25) is 4.79 Å². The third-order valence-corrected chi connectivity index (χ3v) is 3.24. The molecule has 0 radical (unpaired) electrons. The van der Waals surface area contributed by atoms with E-state index in [0.717, 1.165) is 11.1 Å². The highest BCUT2D eigenvalue weighted by Gasteiger charge is 2.09. The Labute approximate surface area is 124 Å². The molecule has 0 saturated carbocycles. The highest BCUT2D eigenvalue weighted by atomic mass is 19.1. The molecule has 2 rings (SSSR count). The second-order valence-corrected chi connectivity index (χ2v) is 5.12. The Morgan fingerprint density at radius 3 is 2.62 bits per heavy atom. The van der Waals surface area contributed by atoms with Crippen LogP contribution in [-0.4, -0.2) is 5.91 Å². The molecule has 110 valence electrons. The Kier molecular flexibility index (Phi) is 5.06. The van der Waals surface area contributed by atoms with Crippen molar-refractivity contribution in [2.24, 2.45) is 5.73 Å². The van der Waals surface area contributed by atoms with Crippen molar-refractivity contribution in [1.82, 2.24) is 0 Å². The minimum absolute atomic E-state index is 0.161. The first-order chi connectivity index (χ1) is 10.0. The van der Waals surface area contributed by atoms with Gasteiger partial charge in [-0.05, 0) is 42.7 Å². The summed E-state index contributed by atoms with van der Waals surface area (Å²) in [7, 11) is 0. The molecule has 2 aromatic rings. The molecule has 0 bridgehead atoms. The maximum Gasteiger partial charge on any atom is 0.224 e. The van der Waals surface area contributed by atoms with E-state index >= 15 is 0 Å². The number of nitrogens with two attached hydrogens (primary N) is 1. The zero-order valence-electron chi connectivity index (χ0n) is 12.0. The van der Waals surface area contributed by atoms with Crippen molar-refractivity contribution < 1.29 is 9.18 Å². The van der Waals surface area contributed by atoms with Crippen molar-refractivity contribution in [3.8, 4) is 0 Å². The van der Waals surface area contributed by atoms with Crippen LogP contribution in [0, 0.1) is 12.7 Å². The van der Waals surface area contributed by atoms with Crippen LogP contribution in [0.15, 0.2) is 48.5 Å². The number of carbonyl (C=O) groups excluding carboxylic acids is 1. The monoisotopic (exact) mass is 286 g/mol. The summed E-state index contributed by atoms with van der Waals surface area (Å²) < 4.78 is 13.2. The third kappa shape index (κ3) is 4.68. The van der Waals surface area contributed by atoms with Crippen LogP contribution in [0.5, 0.6) is 0 Å². The molecule has 1 amide bonds. The number of nitrogens with one attached hydrogen (secondary N) is 1. The van der Waals surface area contributed by atoms with Crippen molar-refractivity contribution in [3.63, 3.8) is 0 Å². The normalized spacial score (nSPS) is 12.0. The molecule has 0 fully saturated rings. The number of halogens is 1. The number of hydrogen-bond acceptors (Lipinski definition) is 2. The Hall–Kier alpha value is -2.20. The molecule has 0 aliphatic heterocycles. The van der Waals surface area contributed by atoms with Gasteiger partial charge in [0.2, 0.25) is 5.91 Å². The summed E-state index contributed by atoms with van der Waals surface area (Å²) in [5.41, 5.74) is 8.30. The topological polar surface area (TPSA) is 55.1 Å². The Morgan fingerprint density at radius 1 is 1.24 bits per heavy atom. The summed E-state index contributed by atoms with van der Waals surface area (Å²) in [6.07, 6.45) is 0.843. The van der Waals surface area contributed by atoms with E-state index in [2.05, 4.69) is 5.32 Å². The Morgan fingerprint density at radius 2 is 1.95 bits per heavy atom. The second kappa shape index (κ2) is 6.99. The van der Waals surface area contributed by atoms with Crippen LogP contribution in [0.3, 0.4) is 0 Å². The van der Waals surface area contributed by atoms with Gasteiger partial charge in [-0.15, -0.1) is 0 Å². The van der Waals surface area contributed by atoms with Crippen molar-refractivity contribution in [2.45, 2.75) is 25.8 Å². The van der Waals surface area contributed by atoms with Crippen LogP contribution in [0.2, 0.25) is 0 Å². The number of benzene rings is 2. The van der Waals surface area contributed by atoms with Gasteiger partial charge in [0.05, 0.1) is 0 Å². The lowest BCUT2D eigenvalue weighted by Crippen LogP contribution is -2.16. The van der Waals surface area contributed by atoms with E-state index in [-0.39, 0.29) is 17.8 Å². The van der Waals surface area contributed by atoms with Crippen LogP contribution < -0.4 is 11.1 Å². The first kappa shape index (κ1) is 15.2. The summed E-state index contributed by atoms with van der Waals surface area (Å²) in [5, 5.41) is 2.70. The van der Waals surface area contributed by atoms with Gasteiger partial charge in [-0.25, -0.2) is 4.39 Å². The zero-order valence-corrected chi connectivity index (χ0v) is 12.0. The molecule has 0 aliphatic carbocycles. The van der Waals surface area contributed by atoms with Crippen LogP contribution in [0.25, 0.3) is 0 Å². The van der Waals surface area contributed by atoms with Crippen LogP contribution in [0.1, 0.15) is 30.0 Å². The quantitative estimate of drug-likeness (QED) is 0.883. The molecule has 3 nitrogen and oxygen atoms in total. The molecular weight excluding hydrogens is 267 g/mol. The fourth-order valence-corrected chi connectivity index (χ4v) is 2.19. The van der Waals surface area contributed by atoms with Gasteiger partial charge in [0.25, 0.3) is 0 Å².